The lowest BCUT2D eigenvalue weighted by Gasteiger charge is -2.27. The van der Waals surface area contributed by atoms with Gasteiger partial charge in [0, 0.05) is 25.6 Å². The molecule has 20 heavy (non-hydrogen) atoms. The SMILES string of the molecule is O=C(CCN1CCC(C(=O)O)(C(F)(F)F)C1)NC1CC1. The minimum Gasteiger partial charge on any atom is -0.481 e. The van der Waals surface area contributed by atoms with E-state index < -0.39 is 30.5 Å². The number of halogens is 3. The fraction of sp³-hybridized carbons (Fsp3) is 0.833. The summed E-state index contributed by atoms with van der Waals surface area (Å²) in [5, 5.41) is 11.6. The van der Waals surface area contributed by atoms with Crippen molar-refractivity contribution < 1.29 is 27.9 Å². The molecule has 2 fully saturated rings. The molecule has 1 heterocycles. The lowest BCUT2D eigenvalue weighted by atomic mass is 9.86. The second-order valence-electron chi connectivity index (χ2n) is 5.50. The fourth-order valence-electron chi connectivity index (χ4n) is 2.39. The first-order valence-electron chi connectivity index (χ1n) is 6.56. The Morgan fingerprint density at radius 2 is 2.00 bits per heavy atom. The highest BCUT2D eigenvalue weighted by molar-refractivity contribution is 5.77. The van der Waals surface area contributed by atoms with Gasteiger partial charge in [-0.15, -0.1) is 0 Å². The van der Waals surface area contributed by atoms with Gasteiger partial charge in [0.15, 0.2) is 5.41 Å². The van der Waals surface area contributed by atoms with Crippen LogP contribution in [0.3, 0.4) is 0 Å². The summed E-state index contributed by atoms with van der Waals surface area (Å²) in [7, 11) is 0. The largest absolute Gasteiger partial charge is 0.481 e. The number of carboxylic acid groups (broad SMARTS) is 1. The van der Waals surface area contributed by atoms with E-state index in [1.54, 1.807) is 0 Å². The van der Waals surface area contributed by atoms with Crippen molar-refractivity contribution in [1.82, 2.24) is 10.2 Å². The number of carbonyl (C=O) groups is 2. The van der Waals surface area contributed by atoms with E-state index in [4.69, 9.17) is 5.11 Å². The Kier molecular flexibility index (Phi) is 3.95. The second-order valence-corrected chi connectivity index (χ2v) is 5.50. The van der Waals surface area contributed by atoms with Crippen LogP contribution in [0.5, 0.6) is 0 Å². The zero-order valence-electron chi connectivity index (χ0n) is 10.9. The number of carbonyl (C=O) groups excluding carboxylic acids is 1. The van der Waals surface area contributed by atoms with E-state index in [0.29, 0.717) is 0 Å². The Bertz CT molecular complexity index is 409. The summed E-state index contributed by atoms with van der Waals surface area (Å²) in [6, 6.07) is 0.217. The van der Waals surface area contributed by atoms with Gasteiger partial charge >= 0.3 is 12.1 Å². The van der Waals surface area contributed by atoms with Gasteiger partial charge in [-0.25, -0.2) is 0 Å². The molecule has 0 bridgehead atoms. The van der Waals surface area contributed by atoms with Crippen molar-refractivity contribution >= 4 is 11.9 Å². The number of aliphatic carboxylic acids is 1. The van der Waals surface area contributed by atoms with Gasteiger partial charge in [-0.3, -0.25) is 9.59 Å². The molecule has 2 N–H and O–H groups in total. The van der Waals surface area contributed by atoms with Crippen LogP contribution in [0.2, 0.25) is 0 Å². The summed E-state index contributed by atoms with van der Waals surface area (Å²) in [6.45, 7) is -0.380. The van der Waals surface area contributed by atoms with E-state index in [1.165, 1.54) is 4.90 Å². The molecule has 1 atom stereocenters. The molecular weight excluding hydrogens is 277 g/mol. The van der Waals surface area contributed by atoms with E-state index in [-0.39, 0.29) is 31.5 Å². The van der Waals surface area contributed by atoms with Crippen LogP contribution in [0.25, 0.3) is 0 Å². The number of likely N-dealkylation sites (tertiary alicyclic amines) is 1. The summed E-state index contributed by atoms with van der Waals surface area (Å²) in [6.07, 6.45) is -3.23. The van der Waals surface area contributed by atoms with Crippen LogP contribution in [0, 0.1) is 5.41 Å². The molecule has 1 unspecified atom stereocenters. The van der Waals surface area contributed by atoms with E-state index >= 15 is 0 Å². The predicted octanol–water partition coefficient (Wildman–Crippen LogP) is 0.994. The number of hydrogen-bond acceptors (Lipinski definition) is 3. The number of alkyl halides is 3. The number of amides is 1. The third-order valence-corrected chi connectivity index (χ3v) is 3.90. The highest BCUT2D eigenvalue weighted by Crippen LogP contribution is 2.45. The zero-order valence-corrected chi connectivity index (χ0v) is 10.9. The van der Waals surface area contributed by atoms with Crippen molar-refractivity contribution in [1.29, 1.82) is 0 Å². The monoisotopic (exact) mass is 294 g/mol. The predicted molar refractivity (Wildman–Crippen MR) is 63.0 cm³/mol. The van der Waals surface area contributed by atoms with Crippen molar-refractivity contribution in [2.75, 3.05) is 19.6 Å². The van der Waals surface area contributed by atoms with E-state index in [9.17, 15) is 22.8 Å². The molecule has 0 aromatic heterocycles. The molecule has 0 aromatic rings. The highest BCUT2D eigenvalue weighted by Gasteiger charge is 2.63. The smallest absolute Gasteiger partial charge is 0.406 e. The standard InChI is InChI=1S/C12H17F3N2O3/c13-12(14,15)11(10(19)20)4-6-17(7-11)5-3-9(18)16-8-1-2-8/h8H,1-7H2,(H,16,18)(H,19,20). The van der Waals surface area contributed by atoms with Crippen LogP contribution < -0.4 is 5.32 Å². The molecule has 0 aromatic carbocycles. The number of rotatable bonds is 5. The van der Waals surface area contributed by atoms with Gasteiger partial charge in [0.2, 0.25) is 5.91 Å². The second kappa shape index (κ2) is 5.23. The topological polar surface area (TPSA) is 69.6 Å². The van der Waals surface area contributed by atoms with Crippen LogP contribution in [-0.4, -0.2) is 53.7 Å². The van der Waals surface area contributed by atoms with Gasteiger partial charge in [-0.1, -0.05) is 0 Å². The van der Waals surface area contributed by atoms with E-state index in [2.05, 4.69) is 5.32 Å². The number of nitrogens with one attached hydrogen (secondary N) is 1. The molecule has 0 spiro atoms. The minimum absolute atomic E-state index is 0.0442. The summed E-state index contributed by atoms with van der Waals surface area (Å²) in [4.78, 5) is 23.8. The van der Waals surface area contributed by atoms with E-state index in [0.717, 1.165) is 12.8 Å². The summed E-state index contributed by atoms with van der Waals surface area (Å²) in [5.41, 5.74) is -2.69. The molecule has 1 aliphatic carbocycles. The third kappa shape index (κ3) is 3.05. The lowest BCUT2D eigenvalue weighted by molar-refractivity contribution is -0.227. The average molecular weight is 294 g/mol. The first-order chi connectivity index (χ1) is 9.24. The molecule has 2 rings (SSSR count). The molecular formula is C12H17F3N2O3. The summed E-state index contributed by atoms with van der Waals surface area (Å²) in [5.74, 6) is -2.03. The molecule has 0 radical (unpaired) electrons. The molecule has 1 aliphatic heterocycles. The summed E-state index contributed by atoms with van der Waals surface area (Å²) >= 11 is 0. The van der Waals surface area contributed by atoms with Crippen molar-refractivity contribution in [2.24, 2.45) is 5.41 Å². The van der Waals surface area contributed by atoms with Crippen LogP contribution in [0.4, 0.5) is 13.2 Å². The van der Waals surface area contributed by atoms with Gasteiger partial charge in [0.05, 0.1) is 0 Å². The Balaban J connectivity index is 1.86. The van der Waals surface area contributed by atoms with Crippen LogP contribution >= 0.6 is 0 Å². The van der Waals surface area contributed by atoms with Crippen LogP contribution in [-0.2, 0) is 9.59 Å². The van der Waals surface area contributed by atoms with Crippen molar-refractivity contribution in [3.05, 3.63) is 0 Å². The van der Waals surface area contributed by atoms with Crippen LogP contribution in [0.15, 0.2) is 0 Å². The number of hydrogen-bond donors (Lipinski definition) is 2. The average Bonchev–Trinajstić information content (AvgIpc) is 3.01. The maximum absolute atomic E-state index is 12.9. The first-order valence-corrected chi connectivity index (χ1v) is 6.56. The van der Waals surface area contributed by atoms with Gasteiger partial charge in [0.1, 0.15) is 0 Å². The normalized spacial score (nSPS) is 27.6. The molecule has 1 saturated heterocycles. The number of carboxylic acids is 1. The van der Waals surface area contributed by atoms with Gasteiger partial charge in [-0.05, 0) is 25.8 Å². The Labute approximate surface area is 114 Å². The molecule has 1 amide bonds. The maximum atomic E-state index is 12.9. The zero-order chi connectivity index (χ0) is 15.0. The summed E-state index contributed by atoms with van der Waals surface area (Å²) < 4.78 is 38.8. The number of nitrogens with zero attached hydrogens (tertiary/aromatic N) is 1. The van der Waals surface area contributed by atoms with Crippen molar-refractivity contribution in [3.63, 3.8) is 0 Å². The molecule has 2 aliphatic rings. The molecule has 1 saturated carbocycles. The molecule has 5 nitrogen and oxygen atoms in total. The minimum atomic E-state index is -4.77. The Hall–Kier alpha value is -1.31. The molecule has 114 valence electrons. The van der Waals surface area contributed by atoms with Crippen molar-refractivity contribution in [3.8, 4) is 0 Å². The van der Waals surface area contributed by atoms with Gasteiger partial charge < -0.3 is 15.3 Å². The van der Waals surface area contributed by atoms with Gasteiger partial charge in [-0.2, -0.15) is 13.2 Å². The third-order valence-electron chi connectivity index (χ3n) is 3.90. The Morgan fingerprint density at radius 3 is 2.45 bits per heavy atom. The van der Waals surface area contributed by atoms with E-state index in [1.807, 2.05) is 0 Å². The van der Waals surface area contributed by atoms with Crippen LogP contribution in [0.1, 0.15) is 25.7 Å². The maximum Gasteiger partial charge on any atom is 0.406 e. The quantitative estimate of drug-likeness (QED) is 0.793. The fourth-order valence-corrected chi connectivity index (χ4v) is 2.39. The Morgan fingerprint density at radius 1 is 1.35 bits per heavy atom. The first kappa shape index (κ1) is 15.1. The van der Waals surface area contributed by atoms with Gasteiger partial charge in [0.25, 0.3) is 0 Å². The van der Waals surface area contributed by atoms with Crippen molar-refractivity contribution in [2.45, 2.75) is 37.9 Å². The molecule has 8 heteroatoms. The lowest BCUT2D eigenvalue weighted by Crippen LogP contribution is -2.47. The highest BCUT2D eigenvalue weighted by atomic mass is 19.4.